The largest absolute Gasteiger partial charge is 0.338 e. The van der Waals surface area contributed by atoms with Gasteiger partial charge in [0.15, 0.2) is 0 Å². The molecule has 0 saturated carbocycles. The van der Waals surface area contributed by atoms with Crippen LogP contribution in [-0.2, 0) is 22.6 Å². The summed E-state index contributed by atoms with van der Waals surface area (Å²) >= 11 is 0. The Balaban J connectivity index is 1.55. The first-order valence-electron chi connectivity index (χ1n) is 9.19. The molecule has 6 heteroatoms. The molecule has 6 nitrogen and oxygen atoms in total. The lowest BCUT2D eigenvalue weighted by atomic mass is 9.82. The molecule has 0 aromatic heterocycles. The van der Waals surface area contributed by atoms with Gasteiger partial charge in [-0.3, -0.25) is 19.9 Å². The van der Waals surface area contributed by atoms with E-state index in [2.05, 4.69) is 47.8 Å². The second kappa shape index (κ2) is 6.42. The summed E-state index contributed by atoms with van der Waals surface area (Å²) in [5.74, 6) is -0.163. The number of hydrogen-bond acceptors (Lipinski definition) is 4. The maximum Gasteiger partial charge on any atom is 0.240 e. The highest BCUT2D eigenvalue weighted by molar-refractivity contribution is 5.86. The molecule has 1 aromatic rings. The van der Waals surface area contributed by atoms with Gasteiger partial charge in [-0.15, -0.1) is 0 Å². The van der Waals surface area contributed by atoms with Gasteiger partial charge in [-0.05, 0) is 31.4 Å². The van der Waals surface area contributed by atoms with Crippen molar-refractivity contribution in [3.63, 3.8) is 0 Å². The maximum absolute atomic E-state index is 13.3. The van der Waals surface area contributed by atoms with E-state index in [0.717, 1.165) is 13.0 Å². The van der Waals surface area contributed by atoms with Crippen LogP contribution in [0, 0.1) is 11.8 Å². The molecule has 0 radical (unpaired) electrons. The maximum atomic E-state index is 13.3. The Morgan fingerprint density at radius 2 is 1.96 bits per heavy atom. The van der Waals surface area contributed by atoms with Crippen molar-refractivity contribution in [3.05, 3.63) is 35.4 Å². The lowest BCUT2D eigenvalue weighted by Gasteiger charge is -2.42. The van der Waals surface area contributed by atoms with Gasteiger partial charge >= 0.3 is 0 Å². The molecule has 1 aromatic carbocycles. The van der Waals surface area contributed by atoms with Gasteiger partial charge in [0.05, 0.1) is 17.9 Å². The van der Waals surface area contributed by atoms with Crippen molar-refractivity contribution in [1.82, 2.24) is 20.7 Å². The van der Waals surface area contributed by atoms with Crippen LogP contribution < -0.4 is 10.9 Å². The number of hydrogen-bond donors (Lipinski definition) is 2. The first kappa shape index (κ1) is 16.5. The zero-order valence-corrected chi connectivity index (χ0v) is 14.9. The Morgan fingerprint density at radius 3 is 2.72 bits per heavy atom. The fraction of sp³-hybridized carbons (Fsp3) is 0.579. The van der Waals surface area contributed by atoms with Crippen LogP contribution in [0.5, 0.6) is 0 Å². The molecule has 2 N–H and O–H groups in total. The number of amides is 2. The van der Waals surface area contributed by atoms with Crippen molar-refractivity contribution in [3.8, 4) is 0 Å². The molecule has 3 unspecified atom stereocenters. The highest BCUT2D eigenvalue weighted by Crippen LogP contribution is 2.30. The molecule has 2 amide bonds. The number of carbonyl (C=O) groups excluding carboxylic acids is 2. The van der Waals surface area contributed by atoms with Crippen molar-refractivity contribution in [2.24, 2.45) is 11.8 Å². The third kappa shape index (κ3) is 2.93. The minimum absolute atomic E-state index is 0.0112. The van der Waals surface area contributed by atoms with E-state index < -0.39 is 0 Å². The molecule has 0 spiro atoms. The van der Waals surface area contributed by atoms with Crippen LogP contribution in [0.1, 0.15) is 25.0 Å². The Hall–Kier alpha value is -1.92. The molecular weight excluding hydrogens is 316 g/mol. The minimum atomic E-state index is -0.189. The summed E-state index contributed by atoms with van der Waals surface area (Å²) in [6.07, 6.45) is 0.904. The first-order valence-corrected chi connectivity index (χ1v) is 9.19. The quantitative estimate of drug-likeness (QED) is 0.823. The van der Waals surface area contributed by atoms with Gasteiger partial charge in [0.1, 0.15) is 0 Å². The zero-order chi connectivity index (χ0) is 17.6. The number of fused-ring (bicyclic) bond motifs is 2. The smallest absolute Gasteiger partial charge is 0.240 e. The van der Waals surface area contributed by atoms with Crippen LogP contribution in [0.3, 0.4) is 0 Å². The van der Waals surface area contributed by atoms with E-state index in [4.69, 9.17) is 0 Å². The molecule has 3 aliphatic heterocycles. The summed E-state index contributed by atoms with van der Waals surface area (Å²) in [4.78, 5) is 29.7. The second-order valence-corrected chi connectivity index (χ2v) is 7.70. The molecule has 134 valence electrons. The van der Waals surface area contributed by atoms with Crippen LogP contribution >= 0.6 is 0 Å². The monoisotopic (exact) mass is 342 g/mol. The van der Waals surface area contributed by atoms with Crippen molar-refractivity contribution in [2.45, 2.75) is 38.9 Å². The van der Waals surface area contributed by atoms with Gasteiger partial charge in [-0.1, -0.05) is 24.3 Å². The van der Waals surface area contributed by atoms with Crippen LogP contribution in [0.25, 0.3) is 0 Å². The Morgan fingerprint density at radius 1 is 1.20 bits per heavy atom. The fourth-order valence-electron chi connectivity index (χ4n) is 4.35. The van der Waals surface area contributed by atoms with E-state index in [-0.39, 0.29) is 29.7 Å². The Bertz CT molecular complexity index is 690. The zero-order valence-electron chi connectivity index (χ0n) is 14.9. The molecule has 2 saturated heterocycles. The van der Waals surface area contributed by atoms with E-state index in [9.17, 15) is 9.59 Å². The van der Waals surface area contributed by atoms with Gasteiger partial charge in [-0.2, -0.15) is 0 Å². The number of piperidine rings is 1. The second-order valence-electron chi connectivity index (χ2n) is 7.70. The summed E-state index contributed by atoms with van der Waals surface area (Å²) in [7, 11) is 0. The van der Waals surface area contributed by atoms with E-state index in [1.165, 1.54) is 11.1 Å². The number of likely N-dealkylation sites (tertiary alicyclic amines) is 1. The SMILES string of the molecule is CC(C)N1CC2C(=O)NNC2C(C(=O)N2CCc3ccccc3C2)C1. The highest BCUT2D eigenvalue weighted by atomic mass is 16.2. The third-order valence-electron chi connectivity index (χ3n) is 5.92. The topological polar surface area (TPSA) is 64.7 Å². The molecule has 3 aliphatic rings. The van der Waals surface area contributed by atoms with Crippen molar-refractivity contribution >= 4 is 11.8 Å². The van der Waals surface area contributed by atoms with Gasteiger partial charge in [0.2, 0.25) is 11.8 Å². The van der Waals surface area contributed by atoms with Crippen LogP contribution in [0.4, 0.5) is 0 Å². The van der Waals surface area contributed by atoms with E-state index in [0.29, 0.717) is 25.7 Å². The number of hydrazine groups is 1. The van der Waals surface area contributed by atoms with E-state index in [1.807, 2.05) is 11.0 Å². The summed E-state index contributed by atoms with van der Waals surface area (Å²) in [5, 5.41) is 0. The fourth-order valence-corrected chi connectivity index (χ4v) is 4.35. The molecule has 2 fully saturated rings. The van der Waals surface area contributed by atoms with E-state index in [1.54, 1.807) is 0 Å². The van der Waals surface area contributed by atoms with Crippen LogP contribution in [-0.4, -0.2) is 53.3 Å². The first-order chi connectivity index (χ1) is 12.0. The molecule has 25 heavy (non-hydrogen) atoms. The molecule has 4 rings (SSSR count). The predicted octanol–water partition coefficient (Wildman–Crippen LogP) is 0.531. The van der Waals surface area contributed by atoms with E-state index >= 15 is 0 Å². The molecule has 3 atom stereocenters. The van der Waals surface area contributed by atoms with Crippen molar-refractivity contribution in [2.75, 3.05) is 19.6 Å². The molecular formula is C19H26N4O2. The van der Waals surface area contributed by atoms with Gasteiger partial charge in [0.25, 0.3) is 0 Å². The summed E-state index contributed by atoms with van der Waals surface area (Å²) in [6.45, 7) is 7.10. The third-order valence-corrected chi connectivity index (χ3v) is 5.92. The normalized spacial score (nSPS) is 29.3. The molecule has 0 aliphatic carbocycles. The predicted molar refractivity (Wildman–Crippen MR) is 94.3 cm³/mol. The lowest BCUT2D eigenvalue weighted by Crippen LogP contribution is -2.59. The number of carbonyl (C=O) groups is 2. The molecule has 3 heterocycles. The Labute approximate surface area is 148 Å². The van der Waals surface area contributed by atoms with Crippen LogP contribution in [0.15, 0.2) is 24.3 Å². The van der Waals surface area contributed by atoms with Gasteiger partial charge in [0, 0.05) is 32.2 Å². The van der Waals surface area contributed by atoms with Gasteiger partial charge < -0.3 is 4.90 Å². The standard InChI is InChI=1S/C19H26N4O2/c1-12(2)23-10-15-17(20-21-18(15)24)16(11-23)19(25)22-8-7-13-5-3-4-6-14(13)9-22/h3-6,12,15-17,20H,7-11H2,1-2H3,(H,21,24). The average molecular weight is 342 g/mol. The van der Waals surface area contributed by atoms with Crippen molar-refractivity contribution in [1.29, 1.82) is 0 Å². The minimum Gasteiger partial charge on any atom is -0.338 e. The lowest BCUT2D eigenvalue weighted by molar-refractivity contribution is -0.141. The van der Waals surface area contributed by atoms with Gasteiger partial charge in [-0.25, -0.2) is 5.43 Å². The number of nitrogens with one attached hydrogen (secondary N) is 2. The summed E-state index contributed by atoms with van der Waals surface area (Å²) in [5.41, 5.74) is 8.40. The highest BCUT2D eigenvalue weighted by Gasteiger charge is 2.48. The Kier molecular flexibility index (Phi) is 4.25. The summed E-state index contributed by atoms with van der Waals surface area (Å²) in [6, 6.07) is 8.57. The number of benzene rings is 1. The summed E-state index contributed by atoms with van der Waals surface area (Å²) < 4.78 is 0. The molecule has 0 bridgehead atoms. The number of rotatable bonds is 2. The number of nitrogens with zero attached hydrogens (tertiary/aromatic N) is 2. The van der Waals surface area contributed by atoms with Crippen LogP contribution in [0.2, 0.25) is 0 Å². The van der Waals surface area contributed by atoms with Crippen molar-refractivity contribution < 1.29 is 9.59 Å². The average Bonchev–Trinajstić information content (AvgIpc) is 3.01.